The largest absolute Gasteiger partial charge is 0.309 e. The summed E-state index contributed by atoms with van der Waals surface area (Å²) in [6, 6.07) is 8.53. The van der Waals surface area contributed by atoms with Gasteiger partial charge in [-0.05, 0) is 50.2 Å². The number of likely N-dealkylation sites (N-methyl/N-ethyl adjacent to an activating group) is 1. The van der Waals surface area contributed by atoms with Gasteiger partial charge in [-0.3, -0.25) is 0 Å². The lowest BCUT2D eigenvalue weighted by Gasteiger charge is -2.23. The Hall–Kier alpha value is -1.37. The van der Waals surface area contributed by atoms with Crippen molar-refractivity contribution in [1.82, 2.24) is 10.2 Å². The monoisotopic (exact) mass is 259 g/mol. The van der Waals surface area contributed by atoms with Gasteiger partial charge >= 0.3 is 0 Å². The van der Waals surface area contributed by atoms with Crippen LogP contribution in [0, 0.1) is 18.3 Å². The summed E-state index contributed by atoms with van der Waals surface area (Å²) in [6.07, 6.45) is 0. The number of benzene rings is 1. The highest BCUT2D eigenvalue weighted by Gasteiger charge is 2.07. The van der Waals surface area contributed by atoms with Crippen LogP contribution in [0.15, 0.2) is 18.2 Å². The first-order valence-electron chi connectivity index (χ1n) is 7.06. The van der Waals surface area contributed by atoms with Crippen molar-refractivity contribution < 1.29 is 0 Å². The predicted molar refractivity (Wildman–Crippen MR) is 80.0 cm³/mol. The second kappa shape index (κ2) is 7.93. The van der Waals surface area contributed by atoms with E-state index in [0.717, 1.165) is 31.7 Å². The van der Waals surface area contributed by atoms with Crippen LogP contribution >= 0.6 is 0 Å². The molecule has 1 rings (SSSR count). The summed E-state index contributed by atoms with van der Waals surface area (Å²) in [5.74, 6) is 0. The summed E-state index contributed by atoms with van der Waals surface area (Å²) < 4.78 is 0. The van der Waals surface area contributed by atoms with Crippen molar-refractivity contribution in [2.24, 2.45) is 0 Å². The van der Waals surface area contributed by atoms with E-state index in [1.807, 2.05) is 18.2 Å². The summed E-state index contributed by atoms with van der Waals surface area (Å²) in [5, 5.41) is 12.4. The molecule has 1 unspecified atom stereocenters. The van der Waals surface area contributed by atoms with Crippen LogP contribution in [0.5, 0.6) is 0 Å². The van der Waals surface area contributed by atoms with Crippen molar-refractivity contribution in [3.63, 3.8) is 0 Å². The lowest BCUT2D eigenvalue weighted by molar-refractivity contribution is 0.270. The molecule has 1 atom stereocenters. The van der Waals surface area contributed by atoms with Crippen LogP contribution in [-0.4, -0.2) is 30.6 Å². The zero-order valence-corrected chi connectivity index (χ0v) is 12.5. The molecule has 0 saturated carbocycles. The third kappa shape index (κ3) is 5.02. The van der Waals surface area contributed by atoms with Gasteiger partial charge in [0, 0.05) is 19.1 Å². The van der Waals surface area contributed by atoms with Crippen LogP contribution in [0.2, 0.25) is 0 Å². The molecule has 0 radical (unpaired) electrons. The highest BCUT2D eigenvalue weighted by atomic mass is 15.1. The smallest absolute Gasteiger partial charge is 0.0991 e. The van der Waals surface area contributed by atoms with Crippen LogP contribution in [-0.2, 0) is 6.54 Å². The zero-order valence-electron chi connectivity index (χ0n) is 12.5. The molecular formula is C16H25N3. The zero-order chi connectivity index (χ0) is 14.3. The molecule has 0 fully saturated rings. The van der Waals surface area contributed by atoms with Gasteiger partial charge in [0.05, 0.1) is 11.6 Å². The minimum Gasteiger partial charge on any atom is -0.309 e. The highest BCUT2D eigenvalue weighted by molar-refractivity contribution is 5.37. The van der Waals surface area contributed by atoms with Crippen molar-refractivity contribution in [3.05, 3.63) is 34.9 Å². The SMILES string of the molecule is CCN(CC)CC(C)NCc1ccc(C#N)cc1C. The Balaban J connectivity index is 2.50. The van der Waals surface area contributed by atoms with Gasteiger partial charge in [0.2, 0.25) is 0 Å². The Morgan fingerprint density at radius 2 is 2.00 bits per heavy atom. The molecule has 19 heavy (non-hydrogen) atoms. The van der Waals surface area contributed by atoms with Gasteiger partial charge in [-0.2, -0.15) is 5.26 Å². The Kier molecular flexibility index (Phi) is 6.55. The van der Waals surface area contributed by atoms with Gasteiger partial charge in [-0.25, -0.2) is 0 Å². The normalized spacial score (nSPS) is 12.4. The molecule has 0 aliphatic rings. The van der Waals surface area contributed by atoms with Crippen LogP contribution in [0.1, 0.15) is 37.5 Å². The number of nitriles is 1. The Morgan fingerprint density at radius 3 is 2.53 bits per heavy atom. The minimum absolute atomic E-state index is 0.468. The summed E-state index contributed by atoms with van der Waals surface area (Å²) in [6.45, 7) is 12.8. The molecule has 0 heterocycles. The van der Waals surface area contributed by atoms with Crippen LogP contribution < -0.4 is 5.32 Å². The Labute approximate surface area is 117 Å². The number of aryl methyl sites for hydroxylation is 1. The molecule has 104 valence electrons. The molecule has 1 aromatic rings. The molecule has 0 bridgehead atoms. The van der Waals surface area contributed by atoms with Gasteiger partial charge in [0.15, 0.2) is 0 Å². The van der Waals surface area contributed by atoms with E-state index in [0.29, 0.717) is 6.04 Å². The van der Waals surface area contributed by atoms with Gasteiger partial charge < -0.3 is 10.2 Å². The molecule has 1 N–H and O–H groups in total. The Bertz CT molecular complexity index is 430. The molecule has 1 aromatic carbocycles. The van der Waals surface area contributed by atoms with E-state index in [4.69, 9.17) is 5.26 Å². The van der Waals surface area contributed by atoms with Crippen molar-refractivity contribution in [3.8, 4) is 6.07 Å². The molecule has 0 aliphatic carbocycles. The number of nitrogens with one attached hydrogen (secondary N) is 1. The van der Waals surface area contributed by atoms with E-state index >= 15 is 0 Å². The first kappa shape index (κ1) is 15.7. The quantitative estimate of drug-likeness (QED) is 0.818. The van der Waals surface area contributed by atoms with Crippen molar-refractivity contribution in [2.45, 2.75) is 40.3 Å². The molecule has 0 aliphatic heterocycles. The van der Waals surface area contributed by atoms with Crippen molar-refractivity contribution >= 4 is 0 Å². The van der Waals surface area contributed by atoms with Crippen molar-refractivity contribution in [1.29, 1.82) is 5.26 Å². The summed E-state index contributed by atoms with van der Waals surface area (Å²) in [5.41, 5.74) is 3.18. The van der Waals surface area contributed by atoms with E-state index < -0.39 is 0 Å². The lowest BCUT2D eigenvalue weighted by Crippen LogP contribution is -2.38. The fourth-order valence-corrected chi connectivity index (χ4v) is 2.18. The molecule has 3 nitrogen and oxygen atoms in total. The van der Waals surface area contributed by atoms with E-state index in [1.54, 1.807) is 0 Å². The fourth-order valence-electron chi connectivity index (χ4n) is 2.18. The van der Waals surface area contributed by atoms with Crippen molar-refractivity contribution in [2.75, 3.05) is 19.6 Å². The molecule has 0 saturated heterocycles. The highest BCUT2D eigenvalue weighted by Crippen LogP contribution is 2.10. The second-order valence-electron chi connectivity index (χ2n) is 5.02. The standard InChI is InChI=1S/C16H25N3/c1-5-19(6-2)12-14(4)18-11-16-8-7-15(10-17)9-13(16)3/h7-9,14,18H,5-6,11-12H2,1-4H3. The maximum atomic E-state index is 8.85. The maximum absolute atomic E-state index is 8.85. The fraction of sp³-hybridized carbons (Fsp3) is 0.562. The number of hydrogen-bond donors (Lipinski definition) is 1. The van der Waals surface area contributed by atoms with E-state index in [2.05, 4.69) is 44.0 Å². The number of rotatable bonds is 7. The summed E-state index contributed by atoms with van der Waals surface area (Å²) in [7, 11) is 0. The number of nitrogens with zero attached hydrogens (tertiary/aromatic N) is 2. The topological polar surface area (TPSA) is 39.1 Å². The lowest BCUT2D eigenvalue weighted by atomic mass is 10.1. The molecule has 0 amide bonds. The van der Waals surface area contributed by atoms with Gasteiger partial charge in [0.25, 0.3) is 0 Å². The summed E-state index contributed by atoms with van der Waals surface area (Å²) in [4.78, 5) is 2.42. The molecule has 0 spiro atoms. The third-order valence-corrected chi connectivity index (χ3v) is 3.54. The average Bonchev–Trinajstić information content (AvgIpc) is 2.43. The summed E-state index contributed by atoms with van der Waals surface area (Å²) >= 11 is 0. The van der Waals surface area contributed by atoms with E-state index in [9.17, 15) is 0 Å². The van der Waals surface area contributed by atoms with Crippen LogP contribution in [0.3, 0.4) is 0 Å². The van der Waals surface area contributed by atoms with E-state index in [1.165, 1.54) is 11.1 Å². The number of hydrogen-bond acceptors (Lipinski definition) is 3. The first-order chi connectivity index (χ1) is 9.10. The first-order valence-corrected chi connectivity index (χ1v) is 7.06. The molecular weight excluding hydrogens is 234 g/mol. The maximum Gasteiger partial charge on any atom is 0.0991 e. The third-order valence-electron chi connectivity index (χ3n) is 3.54. The van der Waals surface area contributed by atoms with Crippen LogP contribution in [0.4, 0.5) is 0 Å². The Morgan fingerprint density at radius 1 is 1.32 bits per heavy atom. The van der Waals surface area contributed by atoms with E-state index in [-0.39, 0.29) is 0 Å². The minimum atomic E-state index is 0.468. The molecule has 0 aromatic heterocycles. The van der Waals surface area contributed by atoms with Crippen LogP contribution in [0.25, 0.3) is 0 Å². The average molecular weight is 259 g/mol. The predicted octanol–water partition coefficient (Wildman–Crippen LogP) is 2.69. The molecule has 3 heteroatoms. The second-order valence-corrected chi connectivity index (χ2v) is 5.02. The van der Waals surface area contributed by atoms with Gasteiger partial charge in [-0.15, -0.1) is 0 Å². The van der Waals surface area contributed by atoms with Gasteiger partial charge in [0.1, 0.15) is 0 Å². The van der Waals surface area contributed by atoms with Gasteiger partial charge in [-0.1, -0.05) is 19.9 Å².